The van der Waals surface area contributed by atoms with Crippen molar-refractivity contribution < 1.29 is 32.4 Å². The van der Waals surface area contributed by atoms with Gasteiger partial charge in [-0.15, -0.1) is 0 Å². The molecule has 3 rings (SSSR count). The van der Waals surface area contributed by atoms with Gasteiger partial charge in [-0.1, -0.05) is 13.8 Å². The zero-order chi connectivity index (χ0) is 24.9. The number of nitrogens with one attached hydrogen (secondary N) is 1. The summed E-state index contributed by atoms with van der Waals surface area (Å²) in [7, 11) is -3.93. The number of morpholine rings is 1. The van der Waals surface area contributed by atoms with Gasteiger partial charge >= 0.3 is 5.69 Å². The van der Waals surface area contributed by atoms with Crippen molar-refractivity contribution in [1.29, 1.82) is 0 Å². The van der Waals surface area contributed by atoms with Gasteiger partial charge in [0.2, 0.25) is 15.9 Å². The van der Waals surface area contributed by atoms with Crippen LogP contribution in [0, 0.1) is 16.0 Å². The minimum Gasteiger partial charge on any atom is -0.478 e. The first-order valence-electron chi connectivity index (χ1n) is 10.5. The Labute approximate surface area is 196 Å². The Morgan fingerprint density at radius 1 is 1.15 bits per heavy atom. The lowest BCUT2D eigenvalue weighted by Crippen LogP contribution is -2.40. The molecule has 0 atom stereocenters. The molecule has 12 heteroatoms. The largest absolute Gasteiger partial charge is 0.478 e. The van der Waals surface area contributed by atoms with E-state index in [9.17, 15) is 28.1 Å². The highest BCUT2D eigenvalue weighted by Gasteiger charge is 2.29. The number of nitro groups is 1. The topological polar surface area (TPSA) is 145 Å². The van der Waals surface area contributed by atoms with Crippen LogP contribution in [0.3, 0.4) is 0 Å². The highest BCUT2D eigenvalue weighted by molar-refractivity contribution is 7.89. The number of amides is 1. The molecule has 182 valence electrons. The first kappa shape index (κ1) is 25.3. The van der Waals surface area contributed by atoms with Crippen LogP contribution in [-0.2, 0) is 19.6 Å². The van der Waals surface area contributed by atoms with Crippen LogP contribution >= 0.6 is 0 Å². The van der Waals surface area contributed by atoms with E-state index in [4.69, 9.17) is 9.47 Å². The molecule has 1 aliphatic rings. The first-order valence-corrected chi connectivity index (χ1v) is 12.0. The molecule has 2 aromatic carbocycles. The molecule has 1 fully saturated rings. The fourth-order valence-electron chi connectivity index (χ4n) is 3.11. The summed E-state index contributed by atoms with van der Waals surface area (Å²) in [5.41, 5.74) is 0.259. The number of nitrogens with zero attached hydrogens (tertiary/aromatic N) is 2. The number of benzene rings is 2. The van der Waals surface area contributed by atoms with Crippen molar-refractivity contribution in [2.75, 3.05) is 38.2 Å². The predicted molar refractivity (Wildman–Crippen MR) is 122 cm³/mol. The summed E-state index contributed by atoms with van der Waals surface area (Å²) in [4.78, 5) is 34.8. The van der Waals surface area contributed by atoms with Crippen LogP contribution < -0.4 is 10.1 Å². The number of carbonyl (C=O) groups excluding carboxylic acids is 2. The van der Waals surface area contributed by atoms with E-state index in [0.717, 1.165) is 6.07 Å². The van der Waals surface area contributed by atoms with E-state index < -0.39 is 33.0 Å². The van der Waals surface area contributed by atoms with Crippen molar-refractivity contribution in [3.8, 4) is 5.75 Å². The van der Waals surface area contributed by atoms with E-state index in [1.165, 1.54) is 28.6 Å². The second-order valence-corrected chi connectivity index (χ2v) is 9.77. The van der Waals surface area contributed by atoms with E-state index in [1.54, 1.807) is 26.0 Å². The maximum Gasteiger partial charge on any atom is 0.312 e. The van der Waals surface area contributed by atoms with Crippen molar-refractivity contribution in [2.45, 2.75) is 18.7 Å². The maximum absolute atomic E-state index is 12.8. The number of sulfonamides is 1. The van der Waals surface area contributed by atoms with Crippen molar-refractivity contribution in [3.63, 3.8) is 0 Å². The van der Waals surface area contributed by atoms with Crippen LogP contribution in [0.5, 0.6) is 5.75 Å². The first-order chi connectivity index (χ1) is 16.1. The second-order valence-electron chi connectivity index (χ2n) is 7.84. The number of nitro benzene ring substituents is 1. The smallest absolute Gasteiger partial charge is 0.312 e. The number of Topliss-reactive ketones (excluding diaryl/α,β-unsaturated/α-hetero) is 1. The van der Waals surface area contributed by atoms with Crippen LogP contribution in [0.15, 0.2) is 47.4 Å². The number of hydrogen-bond acceptors (Lipinski definition) is 8. The zero-order valence-electron chi connectivity index (χ0n) is 18.7. The number of anilines is 1. The SMILES string of the molecule is CC(C)C(=O)Nc1ccc(C(=O)COc2ccc(S(=O)(=O)N3CCOCC3)cc2[N+](=O)[O-])cc1. The Bertz CT molecular complexity index is 1170. The number of ketones is 1. The molecule has 1 aliphatic heterocycles. The van der Waals surface area contributed by atoms with Gasteiger partial charge in [-0.05, 0) is 36.4 Å². The Hall–Kier alpha value is -3.35. The average molecular weight is 492 g/mol. The molecule has 2 aromatic rings. The summed E-state index contributed by atoms with van der Waals surface area (Å²) in [6.45, 7) is 3.83. The van der Waals surface area contributed by atoms with Gasteiger partial charge in [-0.2, -0.15) is 4.31 Å². The van der Waals surface area contributed by atoms with Gasteiger partial charge in [0, 0.05) is 36.3 Å². The lowest BCUT2D eigenvalue weighted by molar-refractivity contribution is -0.386. The predicted octanol–water partition coefficient (Wildman–Crippen LogP) is 2.47. The van der Waals surface area contributed by atoms with E-state index >= 15 is 0 Å². The van der Waals surface area contributed by atoms with E-state index in [2.05, 4.69) is 5.32 Å². The Kier molecular flexibility index (Phi) is 7.97. The zero-order valence-corrected chi connectivity index (χ0v) is 19.5. The third-order valence-electron chi connectivity index (χ3n) is 5.09. The van der Waals surface area contributed by atoms with Crippen molar-refractivity contribution >= 4 is 33.1 Å². The minimum absolute atomic E-state index is 0.156. The van der Waals surface area contributed by atoms with E-state index in [1.807, 2.05) is 0 Å². The Morgan fingerprint density at radius 3 is 2.38 bits per heavy atom. The minimum atomic E-state index is -3.93. The van der Waals surface area contributed by atoms with Crippen LogP contribution in [-0.4, -0.2) is 62.2 Å². The lowest BCUT2D eigenvalue weighted by Gasteiger charge is -2.26. The van der Waals surface area contributed by atoms with Gasteiger partial charge in [-0.3, -0.25) is 19.7 Å². The second kappa shape index (κ2) is 10.7. The number of rotatable bonds is 9. The molecule has 0 saturated carbocycles. The molecule has 0 aromatic heterocycles. The molecular formula is C22H25N3O8S. The average Bonchev–Trinajstić information content (AvgIpc) is 2.83. The van der Waals surface area contributed by atoms with Gasteiger partial charge in [0.25, 0.3) is 0 Å². The lowest BCUT2D eigenvalue weighted by atomic mass is 10.1. The number of hydrogen-bond donors (Lipinski definition) is 1. The molecule has 11 nitrogen and oxygen atoms in total. The van der Waals surface area contributed by atoms with Gasteiger partial charge in [0.1, 0.15) is 0 Å². The highest BCUT2D eigenvalue weighted by atomic mass is 32.2. The van der Waals surface area contributed by atoms with Crippen LogP contribution in [0.1, 0.15) is 24.2 Å². The summed E-state index contributed by atoms with van der Waals surface area (Å²) in [5, 5.41) is 14.3. The molecule has 0 radical (unpaired) electrons. The monoisotopic (exact) mass is 491 g/mol. The van der Waals surface area contributed by atoms with Gasteiger partial charge < -0.3 is 14.8 Å². The summed E-state index contributed by atoms with van der Waals surface area (Å²) in [5.74, 6) is -1.02. The van der Waals surface area contributed by atoms with Gasteiger partial charge in [0.05, 0.1) is 23.0 Å². The van der Waals surface area contributed by atoms with Gasteiger partial charge in [-0.25, -0.2) is 8.42 Å². The molecule has 0 spiro atoms. The normalized spacial score (nSPS) is 14.6. The van der Waals surface area contributed by atoms with E-state index in [-0.39, 0.29) is 54.3 Å². The molecule has 0 bridgehead atoms. The van der Waals surface area contributed by atoms with Crippen LogP contribution in [0.25, 0.3) is 0 Å². The van der Waals surface area contributed by atoms with Crippen molar-refractivity contribution in [2.24, 2.45) is 5.92 Å². The van der Waals surface area contributed by atoms with Crippen LogP contribution in [0.4, 0.5) is 11.4 Å². The molecule has 34 heavy (non-hydrogen) atoms. The molecule has 1 N–H and O–H groups in total. The highest BCUT2D eigenvalue weighted by Crippen LogP contribution is 2.31. The summed E-state index contributed by atoms with van der Waals surface area (Å²) < 4.78 is 37.3. The standard InChI is InChI=1S/C22H25N3O8S/c1-15(2)22(27)23-17-5-3-16(4-6-17)20(26)14-33-21-8-7-18(13-19(21)25(28)29)34(30,31)24-9-11-32-12-10-24/h3-8,13,15H,9-12,14H2,1-2H3,(H,23,27). The van der Waals surface area contributed by atoms with E-state index in [0.29, 0.717) is 5.69 Å². The van der Waals surface area contributed by atoms with Crippen molar-refractivity contribution in [3.05, 3.63) is 58.1 Å². The third kappa shape index (κ3) is 5.95. The molecule has 1 amide bonds. The Morgan fingerprint density at radius 2 is 1.79 bits per heavy atom. The fourth-order valence-corrected chi connectivity index (χ4v) is 4.54. The van der Waals surface area contributed by atoms with Gasteiger partial charge in [0.15, 0.2) is 18.1 Å². The third-order valence-corrected chi connectivity index (χ3v) is 6.99. The van der Waals surface area contributed by atoms with Crippen molar-refractivity contribution in [1.82, 2.24) is 4.31 Å². The summed E-state index contributed by atoms with van der Waals surface area (Å²) in [6, 6.07) is 9.47. The molecule has 0 aliphatic carbocycles. The maximum atomic E-state index is 12.8. The Balaban J connectivity index is 1.71. The van der Waals surface area contributed by atoms with Crippen LogP contribution in [0.2, 0.25) is 0 Å². The molecule has 0 unspecified atom stereocenters. The summed E-state index contributed by atoms with van der Waals surface area (Å²) >= 11 is 0. The number of ether oxygens (including phenoxy) is 2. The fraction of sp³-hybridized carbons (Fsp3) is 0.364. The molecule has 1 saturated heterocycles. The quantitative estimate of drug-likeness (QED) is 0.320. The molecular weight excluding hydrogens is 466 g/mol. The summed E-state index contributed by atoms with van der Waals surface area (Å²) in [6.07, 6.45) is 0. The molecule has 1 heterocycles. The number of carbonyl (C=O) groups is 2.